The van der Waals surface area contributed by atoms with Gasteiger partial charge < -0.3 is 5.32 Å². The van der Waals surface area contributed by atoms with Gasteiger partial charge in [-0.05, 0) is 13.0 Å². The maximum Gasteiger partial charge on any atom is 0.271 e. The van der Waals surface area contributed by atoms with Crippen molar-refractivity contribution in [1.29, 1.82) is 0 Å². The van der Waals surface area contributed by atoms with Gasteiger partial charge in [-0.2, -0.15) is 0 Å². The molecule has 0 saturated heterocycles. The number of benzene rings is 1. The minimum absolute atomic E-state index is 0.147. The van der Waals surface area contributed by atoms with Gasteiger partial charge in [0.05, 0.1) is 16.9 Å². The van der Waals surface area contributed by atoms with Crippen molar-refractivity contribution in [2.24, 2.45) is 0 Å². The molecular weight excluding hydrogens is 356 g/mol. The number of nitro groups is 1. The van der Waals surface area contributed by atoms with Crippen LogP contribution in [0.3, 0.4) is 0 Å². The smallest absolute Gasteiger partial charge is 0.271 e. The number of nitro benzene ring substituents is 1. The number of amides is 1. The second-order valence-electron chi connectivity index (χ2n) is 4.90. The Morgan fingerprint density at radius 3 is 2.67 bits per heavy atom. The van der Waals surface area contributed by atoms with Crippen molar-refractivity contribution in [2.45, 2.75) is 6.92 Å². The van der Waals surface area contributed by atoms with Crippen LogP contribution in [0, 0.1) is 17.0 Å². The summed E-state index contributed by atoms with van der Waals surface area (Å²) in [5.74, 6) is -0.515. The second kappa shape index (κ2) is 6.53. The van der Waals surface area contributed by atoms with E-state index < -0.39 is 20.9 Å². The molecule has 128 valence electrons. The summed E-state index contributed by atoms with van der Waals surface area (Å²) in [4.78, 5) is 26.8. The van der Waals surface area contributed by atoms with Gasteiger partial charge in [-0.25, -0.2) is 17.7 Å². The van der Waals surface area contributed by atoms with Crippen molar-refractivity contribution in [3.8, 4) is 0 Å². The summed E-state index contributed by atoms with van der Waals surface area (Å²) in [7, 11) is -2.14. The number of nitrogens with zero attached hydrogens (tertiary/aromatic N) is 3. The van der Waals surface area contributed by atoms with E-state index in [0.29, 0.717) is 5.69 Å². The number of sulfonamides is 1. The zero-order valence-electron chi connectivity index (χ0n) is 13.0. The maximum absolute atomic E-state index is 12.3. The fraction of sp³-hybridized carbons (Fsp3) is 0.231. The van der Waals surface area contributed by atoms with Crippen molar-refractivity contribution in [3.63, 3.8) is 0 Å². The van der Waals surface area contributed by atoms with Crippen LogP contribution in [0.15, 0.2) is 24.3 Å². The van der Waals surface area contributed by atoms with Crippen molar-refractivity contribution < 1.29 is 18.1 Å². The Morgan fingerprint density at radius 2 is 2.08 bits per heavy atom. The van der Waals surface area contributed by atoms with Gasteiger partial charge in [-0.15, -0.1) is 0 Å². The van der Waals surface area contributed by atoms with Crippen LogP contribution in [0.2, 0.25) is 0 Å². The number of non-ortho nitro benzene ring substituents is 1. The van der Waals surface area contributed by atoms with Gasteiger partial charge in [0.2, 0.25) is 10.0 Å². The standard InChI is InChI=1S/C13H14N4O5S2/c1-8-11(23-13(14-8)16(2)24(3,21)22)12(18)15-9-5-4-6-10(7-9)17(19)20/h4-7H,1-3H3,(H,15,18). The van der Waals surface area contributed by atoms with E-state index in [-0.39, 0.29) is 21.4 Å². The zero-order valence-corrected chi connectivity index (χ0v) is 14.6. The summed E-state index contributed by atoms with van der Waals surface area (Å²) in [5.41, 5.74) is 0.486. The predicted molar refractivity (Wildman–Crippen MR) is 91.1 cm³/mol. The van der Waals surface area contributed by atoms with E-state index in [0.717, 1.165) is 21.9 Å². The highest BCUT2D eigenvalue weighted by Crippen LogP contribution is 2.27. The van der Waals surface area contributed by atoms with Crippen LogP contribution in [0.25, 0.3) is 0 Å². The molecule has 0 bridgehead atoms. The molecule has 24 heavy (non-hydrogen) atoms. The normalized spacial score (nSPS) is 11.1. The lowest BCUT2D eigenvalue weighted by molar-refractivity contribution is -0.384. The number of carbonyl (C=O) groups excluding carboxylic acids is 1. The van der Waals surface area contributed by atoms with Crippen molar-refractivity contribution in [1.82, 2.24) is 4.98 Å². The van der Waals surface area contributed by atoms with Crippen LogP contribution in [0.1, 0.15) is 15.4 Å². The van der Waals surface area contributed by atoms with Gasteiger partial charge in [-0.3, -0.25) is 14.9 Å². The first-order chi connectivity index (χ1) is 11.1. The van der Waals surface area contributed by atoms with E-state index in [1.807, 2.05) is 0 Å². The molecule has 9 nitrogen and oxygen atoms in total. The Kier molecular flexibility index (Phi) is 4.85. The zero-order chi connectivity index (χ0) is 18.1. The lowest BCUT2D eigenvalue weighted by Crippen LogP contribution is -2.24. The van der Waals surface area contributed by atoms with Crippen molar-refractivity contribution in [3.05, 3.63) is 45.0 Å². The Bertz CT molecular complexity index is 907. The summed E-state index contributed by atoms with van der Waals surface area (Å²) in [6.45, 7) is 1.58. The topological polar surface area (TPSA) is 123 Å². The monoisotopic (exact) mass is 370 g/mol. The fourth-order valence-electron chi connectivity index (χ4n) is 1.75. The molecular formula is C13H14N4O5S2. The molecule has 0 saturated carbocycles. The average molecular weight is 370 g/mol. The highest BCUT2D eigenvalue weighted by Gasteiger charge is 2.21. The molecule has 1 aromatic carbocycles. The number of hydrogen-bond acceptors (Lipinski definition) is 7. The summed E-state index contributed by atoms with van der Waals surface area (Å²) < 4.78 is 24.1. The van der Waals surface area contributed by atoms with Gasteiger partial charge >= 0.3 is 0 Å². The lowest BCUT2D eigenvalue weighted by atomic mass is 10.2. The molecule has 0 radical (unpaired) electrons. The Labute approximate surface area is 142 Å². The van der Waals surface area contributed by atoms with Gasteiger partial charge in [0.1, 0.15) is 4.88 Å². The Morgan fingerprint density at radius 1 is 1.42 bits per heavy atom. The van der Waals surface area contributed by atoms with Crippen LogP contribution in [0.5, 0.6) is 0 Å². The highest BCUT2D eigenvalue weighted by atomic mass is 32.2. The number of rotatable bonds is 5. The van der Waals surface area contributed by atoms with E-state index >= 15 is 0 Å². The van der Waals surface area contributed by atoms with Crippen LogP contribution in [-0.2, 0) is 10.0 Å². The van der Waals surface area contributed by atoms with Crippen molar-refractivity contribution in [2.75, 3.05) is 22.9 Å². The number of thiazole rings is 1. The number of hydrogen-bond donors (Lipinski definition) is 1. The molecule has 1 amide bonds. The molecule has 0 atom stereocenters. The maximum atomic E-state index is 12.3. The molecule has 1 heterocycles. The first kappa shape index (κ1) is 17.8. The SMILES string of the molecule is Cc1nc(N(C)S(C)(=O)=O)sc1C(=O)Nc1cccc([N+](=O)[O-])c1. The Hall–Kier alpha value is -2.53. The molecule has 0 unspecified atom stereocenters. The third-order valence-electron chi connectivity index (χ3n) is 3.07. The van der Waals surface area contributed by atoms with E-state index in [4.69, 9.17) is 0 Å². The molecule has 1 N–H and O–H groups in total. The van der Waals surface area contributed by atoms with Crippen LogP contribution in [0.4, 0.5) is 16.5 Å². The fourth-order valence-corrected chi connectivity index (χ4v) is 3.43. The third-order valence-corrected chi connectivity index (χ3v) is 5.59. The van der Waals surface area contributed by atoms with Crippen LogP contribution in [-0.4, -0.2) is 37.5 Å². The quantitative estimate of drug-likeness (QED) is 0.634. The first-order valence-electron chi connectivity index (χ1n) is 6.56. The number of carbonyl (C=O) groups is 1. The van der Waals surface area contributed by atoms with Gasteiger partial charge in [0.25, 0.3) is 11.6 Å². The van der Waals surface area contributed by atoms with Gasteiger partial charge in [0.15, 0.2) is 5.13 Å². The minimum atomic E-state index is -3.48. The number of aromatic nitrogens is 1. The molecule has 0 fully saturated rings. The first-order valence-corrected chi connectivity index (χ1v) is 9.23. The van der Waals surface area contributed by atoms with E-state index in [1.54, 1.807) is 6.92 Å². The van der Waals surface area contributed by atoms with Crippen LogP contribution < -0.4 is 9.62 Å². The summed E-state index contributed by atoms with van der Waals surface area (Å²) >= 11 is 0.922. The summed E-state index contributed by atoms with van der Waals surface area (Å²) in [5, 5.41) is 13.5. The van der Waals surface area contributed by atoms with Crippen LogP contribution >= 0.6 is 11.3 Å². The molecule has 0 aliphatic rings. The molecule has 0 spiro atoms. The number of aryl methyl sites for hydroxylation is 1. The molecule has 2 aromatic rings. The van der Waals surface area contributed by atoms with Crippen molar-refractivity contribution >= 4 is 43.8 Å². The lowest BCUT2D eigenvalue weighted by Gasteiger charge is -2.11. The summed E-state index contributed by atoms with van der Waals surface area (Å²) in [6, 6.07) is 5.52. The van der Waals surface area contributed by atoms with E-state index in [9.17, 15) is 23.3 Å². The minimum Gasteiger partial charge on any atom is -0.321 e. The largest absolute Gasteiger partial charge is 0.321 e. The van der Waals surface area contributed by atoms with E-state index in [2.05, 4.69) is 10.3 Å². The molecule has 0 aliphatic carbocycles. The van der Waals surface area contributed by atoms with Gasteiger partial charge in [-0.1, -0.05) is 17.4 Å². The summed E-state index contributed by atoms with van der Waals surface area (Å²) in [6.07, 6.45) is 1.03. The Balaban J connectivity index is 2.26. The third kappa shape index (κ3) is 3.86. The number of nitrogens with one attached hydrogen (secondary N) is 1. The second-order valence-corrected chi connectivity index (χ2v) is 7.89. The molecule has 2 rings (SSSR count). The molecule has 11 heteroatoms. The van der Waals surface area contributed by atoms with Gasteiger partial charge in [0, 0.05) is 24.9 Å². The molecule has 0 aliphatic heterocycles. The average Bonchev–Trinajstić information content (AvgIpc) is 2.87. The number of anilines is 2. The molecule has 1 aromatic heterocycles. The predicted octanol–water partition coefficient (Wildman–Crippen LogP) is 2.01. The van der Waals surface area contributed by atoms with E-state index in [1.165, 1.54) is 31.3 Å². The highest BCUT2D eigenvalue weighted by molar-refractivity contribution is 7.92.